The van der Waals surface area contributed by atoms with Gasteiger partial charge in [0.2, 0.25) is 5.91 Å². The maximum Gasteiger partial charge on any atom is 0.325 e. The minimum atomic E-state index is -1.32. The van der Waals surface area contributed by atoms with Crippen molar-refractivity contribution in [2.75, 3.05) is 13.1 Å². The maximum atomic E-state index is 12.7. The summed E-state index contributed by atoms with van der Waals surface area (Å²) in [6.45, 7) is 4.15. The number of nitrogens with two attached hydrogens (primary N) is 1. The van der Waals surface area contributed by atoms with E-state index in [-0.39, 0.29) is 12.5 Å². The molecule has 1 saturated heterocycles. The van der Waals surface area contributed by atoms with Gasteiger partial charge in [-0.25, -0.2) is 0 Å². The summed E-state index contributed by atoms with van der Waals surface area (Å²) < 4.78 is 0. The highest BCUT2D eigenvalue weighted by molar-refractivity contribution is 5.89. The summed E-state index contributed by atoms with van der Waals surface area (Å²) in [5, 5.41) is 9.13. The summed E-state index contributed by atoms with van der Waals surface area (Å²) in [6.07, 6.45) is 0.291. The maximum absolute atomic E-state index is 12.7. The van der Waals surface area contributed by atoms with Crippen molar-refractivity contribution >= 4 is 11.9 Å². The van der Waals surface area contributed by atoms with Crippen LogP contribution >= 0.6 is 0 Å². The highest BCUT2D eigenvalue weighted by atomic mass is 16.4. The number of likely N-dealkylation sites (tertiary alicyclic amines) is 1. The first-order chi connectivity index (χ1) is 9.27. The van der Waals surface area contributed by atoms with Gasteiger partial charge in [-0.1, -0.05) is 30.3 Å². The van der Waals surface area contributed by atoms with Crippen LogP contribution in [0, 0.1) is 0 Å². The molecule has 1 aliphatic rings. The van der Waals surface area contributed by atoms with Crippen molar-refractivity contribution < 1.29 is 14.7 Å². The minimum Gasteiger partial charge on any atom is -0.480 e. The van der Waals surface area contributed by atoms with Crippen LogP contribution in [-0.4, -0.2) is 40.5 Å². The zero-order chi connectivity index (χ0) is 15.0. The van der Waals surface area contributed by atoms with Crippen molar-refractivity contribution in [3.8, 4) is 0 Å². The fourth-order valence-electron chi connectivity index (χ4n) is 2.55. The van der Waals surface area contributed by atoms with E-state index in [9.17, 15) is 9.59 Å². The molecule has 0 aliphatic carbocycles. The molecule has 1 aliphatic heterocycles. The van der Waals surface area contributed by atoms with E-state index in [1.54, 1.807) is 4.90 Å². The Morgan fingerprint density at radius 1 is 1.30 bits per heavy atom. The molecular formula is C15H20N2O3. The monoisotopic (exact) mass is 276 g/mol. The van der Waals surface area contributed by atoms with Gasteiger partial charge >= 0.3 is 5.97 Å². The molecule has 0 aromatic heterocycles. The number of amides is 1. The van der Waals surface area contributed by atoms with E-state index in [4.69, 9.17) is 10.8 Å². The van der Waals surface area contributed by atoms with Gasteiger partial charge in [-0.05, 0) is 25.8 Å². The van der Waals surface area contributed by atoms with Crippen LogP contribution in [0.5, 0.6) is 0 Å². The largest absolute Gasteiger partial charge is 0.480 e. The normalized spacial score (nSPS) is 22.9. The molecule has 3 N–H and O–H groups in total. The Labute approximate surface area is 118 Å². The van der Waals surface area contributed by atoms with Gasteiger partial charge in [0, 0.05) is 13.1 Å². The molecule has 5 heteroatoms. The van der Waals surface area contributed by atoms with E-state index in [0.717, 1.165) is 5.56 Å². The van der Waals surface area contributed by atoms with Crippen molar-refractivity contribution in [3.05, 3.63) is 35.9 Å². The van der Waals surface area contributed by atoms with Crippen LogP contribution in [0.3, 0.4) is 0 Å². The Balaban J connectivity index is 2.19. The summed E-state index contributed by atoms with van der Waals surface area (Å²) in [4.78, 5) is 25.4. The number of hydrogen-bond acceptors (Lipinski definition) is 3. The van der Waals surface area contributed by atoms with Crippen LogP contribution in [0.4, 0.5) is 0 Å². The number of carboxylic acids is 1. The average Bonchev–Trinajstić information content (AvgIpc) is 2.83. The molecule has 0 radical (unpaired) electrons. The molecule has 1 unspecified atom stereocenters. The van der Waals surface area contributed by atoms with Gasteiger partial charge in [0.15, 0.2) is 0 Å². The highest BCUT2D eigenvalue weighted by Crippen LogP contribution is 2.29. The lowest BCUT2D eigenvalue weighted by Crippen LogP contribution is -2.52. The van der Waals surface area contributed by atoms with Crippen LogP contribution in [-0.2, 0) is 15.0 Å². The number of nitrogens with zero attached hydrogens (tertiary/aromatic N) is 1. The van der Waals surface area contributed by atoms with E-state index in [1.807, 2.05) is 44.2 Å². The Hall–Kier alpha value is -1.88. The third kappa shape index (κ3) is 2.41. The molecule has 0 saturated carbocycles. The van der Waals surface area contributed by atoms with Gasteiger partial charge in [0.1, 0.15) is 5.54 Å². The molecule has 1 atom stereocenters. The number of carboxylic acid groups (broad SMARTS) is 1. The Morgan fingerprint density at radius 2 is 1.90 bits per heavy atom. The molecule has 2 rings (SSSR count). The second-order valence-electron chi connectivity index (χ2n) is 5.93. The second kappa shape index (κ2) is 4.90. The molecule has 1 fully saturated rings. The Kier molecular flexibility index (Phi) is 3.56. The summed E-state index contributed by atoms with van der Waals surface area (Å²) >= 11 is 0. The molecule has 1 amide bonds. The summed E-state index contributed by atoms with van der Waals surface area (Å²) in [5.74, 6) is -1.14. The van der Waals surface area contributed by atoms with E-state index in [0.29, 0.717) is 13.0 Å². The van der Waals surface area contributed by atoms with E-state index in [1.165, 1.54) is 0 Å². The van der Waals surface area contributed by atoms with Crippen LogP contribution in [0.2, 0.25) is 0 Å². The molecule has 1 aromatic rings. The third-order valence-corrected chi connectivity index (χ3v) is 4.04. The van der Waals surface area contributed by atoms with Gasteiger partial charge in [-0.3, -0.25) is 9.59 Å². The number of rotatable bonds is 3. The van der Waals surface area contributed by atoms with Gasteiger partial charge in [-0.15, -0.1) is 0 Å². The lowest BCUT2D eigenvalue weighted by atomic mass is 9.83. The smallest absolute Gasteiger partial charge is 0.325 e. The molecular weight excluding hydrogens is 256 g/mol. The number of carbonyl (C=O) groups is 2. The van der Waals surface area contributed by atoms with Crippen molar-refractivity contribution in [1.82, 2.24) is 4.90 Å². The van der Waals surface area contributed by atoms with E-state index < -0.39 is 16.9 Å². The number of aliphatic carboxylic acids is 1. The predicted octanol–water partition coefficient (Wildman–Crippen LogP) is 0.979. The zero-order valence-electron chi connectivity index (χ0n) is 11.8. The second-order valence-corrected chi connectivity index (χ2v) is 5.93. The van der Waals surface area contributed by atoms with Crippen molar-refractivity contribution in [2.45, 2.75) is 31.2 Å². The van der Waals surface area contributed by atoms with E-state index in [2.05, 4.69) is 0 Å². The molecule has 108 valence electrons. The molecule has 20 heavy (non-hydrogen) atoms. The van der Waals surface area contributed by atoms with Crippen molar-refractivity contribution in [1.29, 1.82) is 0 Å². The summed E-state index contributed by atoms with van der Waals surface area (Å²) in [6, 6.07) is 9.48. The Bertz CT molecular complexity index is 527. The topological polar surface area (TPSA) is 83.6 Å². The lowest BCUT2D eigenvalue weighted by molar-refractivity contribution is -0.143. The predicted molar refractivity (Wildman–Crippen MR) is 75.2 cm³/mol. The quantitative estimate of drug-likeness (QED) is 0.862. The number of hydrogen-bond donors (Lipinski definition) is 2. The zero-order valence-corrected chi connectivity index (χ0v) is 11.8. The van der Waals surface area contributed by atoms with Crippen LogP contribution < -0.4 is 5.73 Å². The first kappa shape index (κ1) is 14.5. The summed E-state index contributed by atoms with van der Waals surface area (Å²) in [7, 11) is 0. The minimum absolute atomic E-state index is 0.0669. The first-order valence-electron chi connectivity index (χ1n) is 6.64. The molecule has 1 heterocycles. The van der Waals surface area contributed by atoms with Gasteiger partial charge in [0.25, 0.3) is 0 Å². The number of benzene rings is 1. The fourth-order valence-corrected chi connectivity index (χ4v) is 2.55. The molecule has 1 aromatic carbocycles. The molecule has 0 spiro atoms. The van der Waals surface area contributed by atoms with Gasteiger partial charge in [0.05, 0.1) is 5.41 Å². The molecule has 5 nitrogen and oxygen atoms in total. The van der Waals surface area contributed by atoms with Crippen molar-refractivity contribution in [3.63, 3.8) is 0 Å². The molecule has 0 bridgehead atoms. The fraction of sp³-hybridized carbons (Fsp3) is 0.467. The lowest BCUT2D eigenvalue weighted by Gasteiger charge is -2.30. The van der Waals surface area contributed by atoms with Crippen molar-refractivity contribution in [2.24, 2.45) is 5.73 Å². The van der Waals surface area contributed by atoms with E-state index >= 15 is 0 Å². The van der Waals surface area contributed by atoms with Crippen LogP contribution in [0.1, 0.15) is 25.8 Å². The number of carbonyl (C=O) groups excluding carboxylic acids is 1. The standard InChI is InChI=1S/C15H20N2O3/c1-14(2,11-6-4-3-5-7-11)12(18)17-9-8-15(16,10-17)13(19)20/h3-7H,8-10,16H2,1-2H3,(H,19,20). The summed E-state index contributed by atoms with van der Waals surface area (Å²) in [5.41, 5.74) is 4.72. The first-order valence-corrected chi connectivity index (χ1v) is 6.64. The third-order valence-electron chi connectivity index (χ3n) is 4.04. The average molecular weight is 276 g/mol. The SMILES string of the molecule is CC(C)(C(=O)N1CCC(N)(C(=O)O)C1)c1ccccc1. The van der Waals surface area contributed by atoms with Gasteiger partial charge in [-0.2, -0.15) is 0 Å². The highest BCUT2D eigenvalue weighted by Gasteiger charge is 2.45. The van der Waals surface area contributed by atoms with Crippen LogP contribution in [0.15, 0.2) is 30.3 Å². The Morgan fingerprint density at radius 3 is 2.40 bits per heavy atom. The van der Waals surface area contributed by atoms with Gasteiger partial charge < -0.3 is 15.7 Å². The van der Waals surface area contributed by atoms with Crippen LogP contribution in [0.25, 0.3) is 0 Å².